The molecule has 3 amide bonds. The summed E-state index contributed by atoms with van der Waals surface area (Å²) in [5.74, 6) is 0.340. The number of anilines is 2. The molecule has 3 N–H and O–H groups in total. The Labute approximate surface area is 185 Å². The van der Waals surface area contributed by atoms with Crippen LogP contribution in [-0.4, -0.2) is 53.2 Å². The molecular formula is C22H27N5O5. The molecule has 2 aliphatic rings. The molecule has 2 atom stereocenters. The lowest BCUT2D eigenvalue weighted by atomic mass is 9.98. The van der Waals surface area contributed by atoms with Gasteiger partial charge in [0.05, 0.1) is 37.3 Å². The number of hydrogen-bond acceptors (Lipinski definition) is 6. The minimum absolute atomic E-state index is 0.115. The summed E-state index contributed by atoms with van der Waals surface area (Å²) < 4.78 is 9.90. The van der Waals surface area contributed by atoms with Gasteiger partial charge in [0, 0.05) is 23.7 Å². The van der Waals surface area contributed by atoms with Gasteiger partial charge < -0.3 is 19.8 Å². The lowest BCUT2D eigenvalue weighted by molar-refractivity contribution is -0.119. The van der Waals surface area contributed by atoms with Crippen molar-refractivity contribution in [3.8, 4) is 11.3 Å². The largest absolute Gasteiger partial charge is 0.453 e. The van der Waals surface area contributed by atoms with E-state index in [0.29, 0.717) is 48.9 Å². The van der Waals surface area contributed by atoms with E-state index < -0.39 is 6.09 Å². The Morgan fingerprint density at radius 1 is 1.28 bits per heavy atom. The summed E-state index contributed by atoms with van der Waals surface area (Å²) in [7, 11) is 1.28. The predicted molar refractivity (Wildman–Crippen MR) is 117 cm³/mol. The average Bonchev–Trinajstić information content (AvgIpc) is 3.26. The van der Waals surface area contributed by atoms with E-state index >= 15 is 0 Å². The number of ether oxygens (including phenoxy) is 2. The minimum atomic E-state index is -0.599. The zero-order valence-corrected chi connectivity index (χ0v) is 18.1. The molecule has 4 rings (SSSR count). The maximum Gasteiger partial charge on any atom is 0.411 e. The molecule has 0 aliphatic carbocycles. The number of amides is 3. The molecule has 1 aromatic carbocycles. The monoisotopic (exact) mass is 441 g/mol. The zero-order chi connectivity index (χ0) is 22.7. The fraction of sp³-hybridized carbons (Fsp3) is 0.455. The van der Waals surface area contributed by atoms with Crippen molar-refractivity contribution >= 4 is 29.5 Å². The number of imidazole rings is 1. The van der Waals surface area contributed by atoms with Crippen LogP contribution in [0.25, 0.3) is 11.3 Å². The van der Waals surface area contributed by atoms with Crippen molar-refractivity contribution < 1.29 is 23.9 Å². The van der Waals surface area contributed by atoms with Crippen LogP contribution in [0.1, 0.15) is 44.5 Å². The van der Waals surface area contributed by atoms with Gasteiger partial charge in [0.15, 0.2) is 0 Å². The molecule has 0 spiro atoms. The van der Waals surface area contributed by atoms with Crippen molar-refractivity contribution in [2.24, 2.45) is 5.92 Å². The van der Waals surface area contributed by atoms with Crippen LogP contribution in [0.2, 0.25) is 0 Å². The number of cyclic esters (lactones) is 1. The van der Waals surface area contributed by atoms with Crippen LogP contribution < -0.4 is 10.6 Å². The molecule has 0 radical (unpaired) electrons. The zero-order valence-electron chi connectivity index (χ0n) is 18.1. The Bertz CT molecular complexity index is 1020. The summed E-state index contributed by atoms with van der Waals surface area (Å²) in [4.78, 5) is 46.5. The highest BCUT2D eigenvalue weighted by Crippen LogP contribution is 2.34. The van der Waals surface area contributed by atoms with Crippen molar-refractivity contribution in [2.75, 3.05) is 30.9 Å². The van der Waals surface area contributed by atoms with Crippen LogP contribution in [0, 0.1) is 5.92 Å². The Morgan fingerprint density at radius 3 is 2.91 bits per heavy atom. The number of aromatic amines is 1. The summed E-state index contributed by atoms with van der Waals surface area (Å²) in [6.07, 6.45) is 3.61. The van der Waals surface area contributed by atoms with Gasteiger partial charge in [-0.3, -0.25) is 15.0 Å². The van der Waals surface area contributed by atoms with Gasteiger partial charge in [-0.25, -0.2) is 14.6 Å². The molecule has 0 saturated carbocycles. The van der Waals surface area contributed by atoms with Gasteiger partial charge in [0.25, 0.3) is 0 Å². The van der Waals surface area contributed by atoms with Crippen molar-refractivity contribution in [3.05, 3.63) is 30.2 Å². The summed E-state index contributed by atoms with van der Waals surface area (Å²) in [5, 5.41) is 5.59. The van der Waals surface area contributed by atoms with E-state index in [-0.39, 0.29) is 24.0 Å². The lowest BCUT2D eigenvalue weighted by Gasteiger charge is -2.33. The van der Waals surface area contributed by atoms with E-state index in [1.54, 1.807) is 29.3 Å². The van der Waals surface area contributed by atoms with Crippen molar-refractivity contribution in [3.63, 3.8) is 0 Å². The first-order valence-electron chi connectivity index (χ1n) is 10.7. The van der Waals surface area contributed by atoms with Crippen LogP contribution in [-0.2, 0) is 14.3 Å². The predicted octanol–water partition coefficient (Wildman–Crippen LogP) is 3.90. The molecule has 10 heteroatoms. The first kappa shape index (κ1) is 21.7. The third-order valence-electron chi connectivity index (χ3n) is 5.85. The molecule has 0 unspecified atom stereocenters. The average molecular weight is 441 g/mol. The maximum absolute atomic E-state index is 12.8. The fourth-order valence-corrected chi connectivity index (χ4v) is 4.07. The van der Waals surface area contributed by atoms with E-state index in [9.17, 15) is 14.4 Å². The smallest absolute Gasteiger partial charge is 0.411 e. The molecular weight excluding hydrogens is 414 g/mol. The van der Waals surface area contributed by atoms with Gasteiger partial charge in [0.2, 0.25) is 5.91 Å². The number of rotatable bonds is 2. The normalized spacial score (nSPS) is 21.4. The van der Waals surface area contributed by atoms with Crippen LogP contribution in [0.15, 0.2) is 24.4 Å². The molecule has 1 saturated heterocycles. The minimum Gasteiger partial charge on any atom is -0.453 e. The summed E-state index contributed by atoms with van der Waals surface area (Å²) in [6.45, 7) is 2.91. The second-order valence-corrected chi connectivity index (χ2v) is 8.06. The molecule has 2 aliphatic heterocycles. The van der Waals surface area contributed by atoms with Crippen LogP contribution in [0.4, 0.5) is 21.0 Å². The molecule has 1 fully saturated rings. The highest BCUT2D eigenvalue weighted by Gasteiger charge is 2.31. The van der Waals surface area contributed by atoms with Crippen molar-refractivity contribution in [1.29, 1.82) is 0 Å². The first-order valence-corrected chi connectivity index (χ1v) is 10.7. The number of fused-ring (bicyclic) bond motifs is 4. The number of nitrogens with zero attached hydrogens (tertiary/aromatic N) is 2. The third kappa shape index (κ3) is 4.53. The Kier molecular flexibility index (Phi) is 6.29. The fourth-order valence-electron chi connectivity index (χ4n) is 4.07. The van der Waals surface area contributed by atoms with Gasteiger partial charge in [-0.1, -0.05) is 13.3 Å². The maximum atomic E-state index is 12.8. The summed E-state index contributed by atoms with van der Waals surface area (Å²) >= 11 is 0. The number of nitrogens with one attached hydrogen (secondary N) is 3. The van der Waals surface area contributed by atoms with E-state index in [0.717, 1.165) is 18.4 Å². The molecule has 170 valence electrons. The Balaban J connectivity index is 1.73. The SMILES string of the molecule is COC(=O)Nc1ccc2c(c1)NC(=O)[C@H](C)CCC[C@H](N1CCCOC1=O)c1ncc-2[nH]1. The number of methoxy groups -OCH3 is 1. The Hall–Kier alpha value is -3.56. The van der Waals surface area contributed by atoms with Gasteiger partial charge in [0.1, 0.15) is 5.82 Å². The van der Waals surface area contributed by atoms with E-state index in [4.69, 9.17) is 4.74 Å². The van der Waals surface area contributed by atoms with Crippen LogP contribution >= 0.6 is 0 Å². The first-order chi connectivity index (χ1) is 15.5. The standard InChI is InChI=1S/C22H27N5O5/c1-13-5-3-6-18(27-9-4-10-32-22(27)30)19-23-12-17(25-19)15-8-7-14(24-21(29)31-2)11-16(15)26-20(13)28/h7-8,11-13,18H,3-6,9-10H2,1-2H3,(H,23,25)(H,24,29)(H,26,28)/t13-,18+/m1/s1. The van der Waals surface area contributed by atoms with Crippen molar-refractivity contribution in [1.82, 2.24) is 14.9 Å². The molecule has 1 aromatic heterocycles. The van der Waals surface area contributed by atoms with E-state index in [1.807, 2.05) is 6.92 Å². The topological polar surface area (TPSA) is 126 Å². The van der Waals surface area contributed by atoms with Crippen LogP contribution in [0.3, 0.4) is 0 Å². The third-order valence-corrected chi connectivity index (χ3v) is 5.85. The number of hydrogen-bond donors (Lipinski definition) is 3. The molecule has 10 nitrogen and oxygen atoms in total. The number of carbonyl (C=O) groups is 3. The van der Waals surface area contributed by atoms with Gasteiger partial charge in [-0.2, -0.15) is 0 Å². The summed E-state index contributed by atoms with van der Waals surface area (Å²) in [6, 6.07) is 4.94. The molecule has 3 heterocycles. The highest BCUT2D eigenvalue weighted by atomic mass is 16.6. The van der Waals surface area contributed by atoms with E-state index in [1.165, 1.54) is 7.11 Å². The number of benzene rings is 1. The molecule has 2 aromatic rings. The van der Waals surface area contributed by atoms with Gasteiger partial charge >= 0.3 is 12.2 Å². The Morgan fingerprint density at radius 2 is 2.12 bits per heavy atom. The van der Waals surface area contributed by atoms with Crippen LogP contribution in [0.5, 0.6) is 0 Å². The number of aromatic nitrogens is 2. The number of H-pyrrole nitrogens is 1. The van der Waals surface area contributed by atoms with E-state index in [2.05, 4.69) is 25.3 Å². The van der Waals surface area contributed by atoms with Gasteiger partial charge in [-0.05, 0) is 37.5 Å². The lowest BCUT2D eigenvalue weighted by Crippen LogP contribution is -2.41. The molecule has 2 bridgehead atoms. The summed E-state index contributed by atoms with van der Waals surface area (Å²) in [5.41, 5.74) is 2.45. The highest BCUT2D eigenvalue weighted by molar-refractivity contribution is 5.98. The second kappa shape index (κ2) is 9.29. The quantitative estimate of drug-likeness (QED) is 0.649. The van der Waals surface area contributed by atoms with Crippen molar-refractivity contribution in [2.45, 2.75) is 38.6 Å². The second-order valence-electron chi connectivity index (χ2n) is 8.06. The number of carbonyl (C=O) groups excluding carboxylic acids is 3. The van der Waals surface area contributed by atoms with Gasteiger partial charge in [-0.15, -0.1) is 0 Å². The molecule has 32 heavy (non-hydrogen) atoms.